The maximum Gasteiger partial charge on any atom is 0.354 e. The molecule has 5 N–H and O–H groups in total. The van der Waals surface area contributed by atoms with Crippen molar-refractivity contribution in [1.82, 2.24) is 24.3 Å². The molecule has 3 aliphatic rings. The van der Waals surface area contributed by atoms with Crippen molar-refractivity contribution in [1.29, 1.82) is 0 Å². The van der Waals surface area contributed by atoms with Crippen LogP contribution in [0.2, 0.25) is 0 Å². The molecule has 3 heterocycles. The Balaban J connectivity index is 0.00000336. The summed E-state index contributed by atoms with van der Waals surface area (Å²) in [7, 11) is 0. The number of halogens is 1. The third-order valence-electron chi connectivity index (χ3n) is 7.74. The first-order valence-corrected chi connectivity index (χ1v) is 12.9. The van der Waals surface area contributed by atoms with E-state index in [9.17, 15) is 14.4 Å². The van der Waals surface area contributed by atoms with E-state index in [0.29, 0.717) is 37.3 Å². The molecule has 1 saturated carbocycles. The number of nitrogens with two attached hydrogens (primary N) is 2. The first-order valence-electron chi connectivity index (χ1n) is 12.9. The largest absolute Gasteiger partial charge is 0.354 e. The number of nitrogens with zero attached hydrogens (tertiary/aromatic N) is 5. The van der Waals surface area contributed by atoms with Gasteiger partial charge in [-0.2, -0.15) is 4.98 Å². The van der Waals surface area contributed by atoms with Crippen LogP contribution in [0.4, 0.5) is 10.6 Å². The van der Waals surface area contributed by atoms with Gasteiger partial charge in [-0.05, 0) is 55.9 Å². The van der Waals surface area contributed by atoms with Crippen molar-refractivity contribution in [3.05, 3.63) is 52.6 Å². The summed E-state index contributed by atoms with van der Waals surface area (Å²) in [6.45, 7) is 7.74. The lowest BCUT2D eigenvalue weighted by molar-refractivity contribution is -0.137. The number of nitrogens with one attached hydrogen (secondary N) is 1. The van der Waals surface area contributed by atoms with Gasteiger partial charge in [-0.1, -0.05) is 12.1 Å². The zero-order valence-electron chi connectivity index (χ0n) is 21.9. The predicted octanol–water partition coefficient (Wildman–Crippen LogP) is 0.991. The average molecular weight is 545 g/mol. The van der Waals surface area contributed by atoms with Gasteiger partial charge >= 0.3 is 11.7 Å². The summed E-state index contributed by atoms with van der Waals surface area (Å²) < 4.78 is 1.45. The van der Waals surface area contributed by atoms with E-state index in [1.54, 1.807) is 35.9 Å². The number of likely N-dealkylation sites (tertiary alicyclic amines) is 1. The van der Waals surface area contributed by atoms with Gasteiger partial charge in [0.25, 0.3) is 0 Å². The van der Waals surface area contributed by atoms with Gasteiger partial charge in [-0.15, -0.1) is 12.4 Å². The van der Waals surface area contributed by atoms with Crippen molar-refractivity contribution in [2.24, 2.45) is 16.9 Å². The predicted molar refractivity (Wildman–Crippen MR) is 147 cm³/mol. The Hall–Kier alpha value is -2.99. The van der Waals surface area contributed by atoms with Gasteiger partial charge < -0.3 is 21.3 Å². The van der Waals surface area contributed by atoms with Gasteiger partial charge in [0, 0.05) is 58.1 Å². The van der Waals surface area contributed by atoms with Crippen LogP contribution in [0.25, 0.3) is 5.69 Å². The number of carbonyl (C=O) groups is 2. The van der Waals surface area contributed by atoms with Crippen LogP contribution >= 0.6 is 12.4 Å². The third kappa shape index (κ3) is 5.85. The molecular weight excluding hydrogens is 508 g/mol. The lowest BCUT2D eigenvalue weighted by Crippen LogP contribution is -2.58. The molecule has 2 saturated heterocycles. The molecular formula is C26H37ClN8O3. The van der Waals surface area contributed by atoms with Crippen LogP contribution in [0.1, 0.15) is 32.3 Å². The molecule has 2 aromatic rings. The van der Waals surface area contributed by atoms with E-state index in [2.05, 4.69) is 15.2 Å². The number of hydrogen-bond donors (Lipinski definition) is 3. The molecule has 3 amide bonds. The number of urea groups is 1. The number of carbonyl (C=O) groups excluding carboxylic acids is 2. The van der Waals surface area contributed by atoms with E-state index in [1.165, 1.54) is 23.0 Å². The maximum atomic E-state index is 12.7. The molecule has 0 bridgehead atoms. The van der Waals surface area contributed by atoms with E-state index in [1.807, 2.05) is 24.3 Å². The number of amides is 3. The van der Waals surface area contributed by atoms with Crippen LogP contribution in [0.15, 0.2) is 41.3 Å². The van der Waals surface area contributed by atoms with Crippen LogP contribution in [-0.2, 0) is 11.3 Å². The minimum atomic E-state index is -0.944. The van der Waals surface area contributed by atoms with E-state index in [4.69, 9.17) is 11.5 Å². The Bertz CT molecular complexity index is 1230. The van der Waals surface area contributed by atoms with E-state index in [0.717, 1.165) is 19.6 Å². The molecule has 5 rings (SSSR count). The summed E-state index contributed by atoms with van der Waals surface area (Å²) in [5.41, 5.74) is 13.0. The average Bonchev–Trinajstić information content (AvgIpc) is 3.57. The zero-order chi connectivity index (χ0) is 26.4. The summed E-state index contributed by atoms with van der Waals surface area (Å²) >= 11 is 0. The second-order valence-corrected chi connectivity index (χ2v) is 11.2. The fourth-order valence-corrected chi connectivity index (χ4v) is 5.31. The fraction of sp³-hybridized carbons (Fsp3) is 0.538. The van der Waals surface area contributed by atoms with Gasteiger partial charge in [0.2, 0.25) is 5.91 Å². The molecule has 0 unspecified atom stereocenters. The van der Waals surface area contributed by atoms with Crippen molar-refractivity contribution >= 4 is 30.2 Å². The second-order valence-electron chi connectivity index (χ2n) is 11.2. The highest BCUT2D eigenvalue weighted by Gasteiger charge is 2.53. The Labute approximate surface area is 228 Å². The molecule has 0 radical (unpaired) electrons. The van der Waals surface area contributed by atoms with Crippen LogP contribution in [-0.4, -0.2) is 87.0 Å². The van der Waals surface area contributed by atoms with Gasteiger partial charge in [0.15, 0.2) is 0 Å². The highest BCUT2D eigenvalue weighted by Crippen LogP contribution is 2.52. The molecule has 1 spiro atoms. The summed E-state index contributed by atoms with van der Waals surface area (Å²) in [6, 6.07) is 9.38. The standard InChI is InChI=1S/C26H36N8O3.ClH/c1-25(2,28)22(35)32-11-13-33(14-12-32)23(36)29-21-7-10-34(24(37)30-21)19-5-3-18(4-6-19)15-31-16-20(27)26(17-31)8-9-26;/h3-7,10,20H,8-9,11-17,27-28H2,1-2H3,(H,29,30,36,37);1H/t20-;/m1./s1. The number of aromatic nitrogens is 2. The van der Waals surface area contributed by atoms with Gasteiger partial charge in [-0.25, -0.2) is 9.59 Å². The van der Waals surface area contributed by atoms with Crippen molar-refractivity contribution < 1.29 is 9.59 Å². The van der Waals surface area contributed by atoms with E-state index in [-0.39, 0.29) is 36.2 Å². The van der Waals surface area contributed by atoms with Gasteiger partial charge in [0.1, 0.15) is 5.82 Å². The first-order chi connectivity index (χ1) is 17.5. The monoisotopic (exact) mass is 544 g/mol. The summed E-state index contributed by atoms with van der Waals surface area (Å²) in [6.07, 6.45) is 4.08. The summed E-state index contributed by atoms with van der Waals surface area (Å²) in [4.78, 5) is 47.4. The summed E-state index contributed by atoms with van der Waals surface area (Å²) in [5.74, 6) is 0.0432. The van der Waals surface area contributed by atoms with Gasteiger partial charge in [-0.3, -0.25) is 19.6 Å². The number of hydrogen-bond acceptors (Lipinski definition) is 7. The second kappa shape index (κ2) is 10.6. The number of piperazine rings is 1. The molecule has 11 nitrogen and oxygen atoms in total. The molecule has 38 heavy (non-hydrogen) atoms. The van der Waals surface area contributed by atoms with Crippen molar-refractivity contribution in [3.8, 4) is 5.69 Å². The Morgan fingerprint density at radius 3 is 2.26 bits per heavy atom. The number of anilines is 1. The molecule has 1 aromatic heterocycles. The summed E-state index contributed by atoms with van der Waals surface area (Å²) in [5, 5.41) is 2.69. The SMILES string of the molecule is CC(C)(N)C(=O)N1CCN(C(=O)Nc2ccn(-c3ccc(CN4C[C@@H](N)C5(CC5)C4)cc3)c(=O)n2)CC1.Cl. The van der Waals surface area contributed by atoms with E-state index < -0.39 is 11.2 Å². The van der Waals surface area contributed by atoms with Crippen LogP contribution < -0.4 is 22.5 Å². The highest BCUT2D eigenvalue weighted by molar-refractivity contribution is 5.89. The van der Waals surface area contributed by atoms with Crippen LogP contribution in [0, 0.1) is 5.41 Å². The fourth-order valence-electron chi connectivity index (χ4n) is 5.31. The molecule has 206 valence electrons. The third-order valence-corrected chi connectivity index (χ3v) is 7.74. The van der Waals surface area contributed by atoms with Crippen molar-refractivity contribution in [2.75, 3.05) is 44.6 Å². The Morgan fingerprint density at radius 2 is 1.71 bits per heavy atom. The van der Waals surface area contributed by atoms with Crippen LogP contribution in [0.5, 0.6) is 0 Å². The molecule has 3 fully saturated rings. The quantitative estimate of drug-likeness (QED) is 0.509. The van der Waals surface area contributed by atoms with Crippen LogP contribution in [0.3, 0.4) is 0 Å². The Kier molecular flexibility index (Phi) is 7.85. The normalized spacial score (nSPS) is 20.8. The van der Waals surface area contributed by atoms with Crippen molar-refractivity contribution in [2.45, 2.75) is 44.8 Å². The van der Waals surface area contributed by atoms with Gasteiger partial charge in [0.05, 0.1) is 11.2 Å². The maximum absolute atomic E-state index is 12.7. The molecule has 1 atom stereocenters. The minimum absolute atomic E-state index is 0. The topological polar surface area (TPSA) is 143 Å². The molecule has 12 heteroatoms. The lowest BCUT2D eigenvalue weighted by Gasteiger charge is -2.37. The molecule has 2 aliphatic heterocycles. The Morgan fingerprint density at radius 1 is 1.08 bits per heavy atom. The number of rotatable bonds is 5. The van der Waals surface area contributed by atoms with E-state index >= 15 is 0 Å². The smallest absolute Gasteiger partial charge is 0.338 e. The molecule has 1 aromatic carbocycles. The minimum Gasteiger partial charge on any atom is -0.338 e. The number of benzene rings is 1. The van der Waals surface area contributed by atoms with Crippen molar-refractivity contribution in [3.63, 3.8) is 0 Å². The lowest BCUT2D eigenvalue weighted by atomic mass is 10.0. The highest BCUT2D eigenvalue weighted by atomic mass is 35.5. The first kappa shape index (κ1) is 28.0. The molecule has 1 aliphatic carbocycles. The zero-order valence-corrected chi connectivity index (χ0v) is 22.7.